The molecule has 0 saturated carbocycles. The van der Waals surface area contributed by atoms with Crippen molar-refractivity contribution < 1.29 is 15.0 Å². The average molecular weight is 276 g/mol. The summed E-state index contributed by atoms with van der Waals surface area (Å²) in [6.45, 7) is 1.27. The van der Waals surface area contributed by atoms with E-state index in [9.17, 15) is 19.8 Å². The third kappa shape index (κ3) is 3.04. The van der Waals surface area contributed by atoms with E-state index in [0.29, 0.717) is 16.5 Å². The van der Waals surface area contributed by atoms with Gasteiger partial charge in [-0.15, -0.1) is 0 Å². The lowest BCUT2D eigenvalue weighted by atomic mass is 10.0. The molecule has 2 rings (SSSR count). The Balaban J connectivity index is 2.26. The second-order valence-corrected chi connectivity index (χ2v) is 4.60. The number of aromatic nitrogens is 1. The quantitative estimate of drug-likeness (QED) is 0.634. The Kier molecular flexibility index (Phi) is 4.16. The van der Waals surface area contributed by atoms with E-state index in [1.54, 1.807) is 18.3 Å². The van der Waals surface area contributed by atoms with E-state index in [-0.39, 0.29) is 17.9 Å². The monoisotopic (exact) mass is 276 g/mol. The number of benzene rings is 1. The third-order valence-corrected chi connectivity index (χ3v) is 3.05. The van der Waals surface area contributed by atoms with Crippen LogP contribution in [0.4, 0.5) is 0 Å². The van der Waals surface area contributed by atoms with Gasteiger partial charge in [0.2, 0.25) is 5.91 Å². The van der Waals surface area contributed by atoms with E-state index in [4.69, 9.17) is 0 Å². The number of fused-ring (bicyclic) bond motifs is 1. The van der Waals surface area contributed by atoms with Crippen molar-refractivity contribution in [2.24, 2.45) is 0 Å². The number of rotatable bonds is 4. The fraction of sp³-hybridized carbons (Fsp3) is 0.286. The zero-order valence-electron chi connectivity index (χ0n) is 11.0. The largest absolute Gasteiger partial charge is 0.388 e. The lowest BCUT2D eigenvalue weighted by Gasteiger charge is -2.18. The first-order chi connectivity index (χ1) is 9.49. The molecule has 1 aromatic carbocycles. The molecule has 0 saturated heterocycles. The number of hydrogen-bond donors (Lipinski definition) is 4. The van der Waals surface area contributed by atoms with Crippen LogP contribution in [0.3, 0.4) is 0 Å². The Labute approximate surface area is 115 Å². The second kappa shape index (κ2) is 5.85. The number of carbonyl (C=O) groups excluding carboxylic acids is 1. The minimum atomic E-state index is -1.18. The first-order valence-corrected chi connectivity index (χ1v) is 6.21. The first kappa shape index (κ1) is 14.2. The molecule has 1 heterocycles. The summed E-state index contributed by atoms with van der Waals surface area (Å²) in [5.74, 6) is -0.286. The van der Waals surface area contributed by atoms with Gasteiger partial charge in [0.1, 0.15) is 12.2 Å². The summed E-state index contributed by atoms with van der Waals surface area (Å²) >= 11 is 0. The van der Waals surface area contributed by atoms with Crippen LogP contribution < -0.4 is 10.7 Å². The van der Waals surface area contributed by atoms with Crippen LogP contribution in [0.25, 0.3) is 10.9 Å². The molecule has 6 nitrogen and oxygen atoms in total. The molecule has 0 fully saturated rings. The van der Waals surface area contributed by atoms with Crippen LogP contribution in [-0.2, 0) is 4.79 Å². The zero-order valence-corrected chi connectivity index (χ0v) is 11.0. The topological polar surface area (TPSA) is 102 Å². The van der Waals surface area contributed by atoms with Gasteiger partial charge in [-0.3, -0.25) is 9.59 Å². The van der Waals surface area contributed by atoms with E-state index < -0.39 is 12.2 Å². The maximum atomic E-state index is 11.7. The Bertz CT molecular complexity index is 680. The Hall–Kier alpha value is -2.18. The lowest BCUT2D eigenvalue weighted by molar-refractivity contribution is -0.119. The molecule has 1 aromatic heterocycles. The molecular formula is C14H16N2O4. The van der Waals surface area contributed by atoms with Gasteiger partial charge in [0.25, 0.3) is 0 Å². The van der Waals surface area contributed by atoms with E-state index in [1.165, 1.54) is 19.1 Å². The minimum Gasteiger partial charge on any atom is -0.388 e. The first-order valence-electron chi connectivity index (χ1n) is 6.21. The van der Waals surface area contributed by atoms with Crippen LogP contribution in [0.2, 0.25) is 0 Å². The van der Waals surface area contributed by atoms with Crippen LogP contribution in [0.5, 0.6) is 0 Å². The number of H-pyrrole nitrogens is 1. The number of aromatic amines is 1. The molecule has 106 valence electrons. The standard InChI is InChI=1S/C14H16N2O4/c1-8(17)16-7-13(19)14(20)9-2-3-11-10(6-9)12(18)4-5-15-11/h2-6,13-14,19-20H,7H2,1H3,(H,15,18)(H,16,17). The lowest BCUT2D eigenvalue weighted by Crippen LogP contribution is -2.34. The number of aliphatic hydroxyl groups is 2. The predicted octanol–water partition coefficient (Wildman–Crippen LogP) is 0.0585. The van der Waals surface area contributed by atoms with Crippen molar-refractivity contribution in [1.29, 1.82) is 0 Å². The molecular weight excluding hydrogens is 260 g/mol. The van der Waals surface area contributed by atoms with E-state index in [1.807, 2.05) is 0 Å². The molecule has 0 aliphatic heterocycles. The Morgan fingerprint density at radius 2 is 2.10 bits per heavy atom. The third-order valence-electron chi connectivity index (χ3n) is 3.05. The summed E-state index contributed by atoms with van der Waals surface area (Å²) in [6.07, 6.45) is -0.767. The van der Waals surface area contributed by atoms with Crippen molar-refractivity contribution in [3.8, 4) is 0 Å². The highest BCUT2D eigenvalue weighted by Gasteiger charge is 2.19. The molecule has 4 N–H and O–H groups in total. The van der Waals surface area contributed by atoms with Gasteiger partial charge < -0.3 is 20.5 Å². The highest BCUT2D eigenvalue weighted by Crippen LogP contribution is 2.19. The fourth-order valence-corrected chi connectivity index (χ4v) is 1.95. The van der Waals surface area contributed by atoms with Crippen molar-refractivity contribution >= 4 is 16.8 Å². The summed E-state index contributed by atoms with van der Waals surface area (Å²) in [5, 5.41) is 22.7. The number of carbonyl (C=O) groups is 1. The van der Waals surface area contributed by atoms with Crippen molar-refractivity contribution in [2.75, 3.05) is 6.54 Å². The molecule has 0 aliphatic carbocycles. The van der Waals surface area contributed by atoms with E-state index in [2.05, 4.69) is 10.3 Å². The van der Waals surface area contributed by atoms with Gasteiger partial charge >= 0.3 is 0 Å². The highest BCUT2D eigenvalue weighted by molar-refractivity contribution is 5.78. The fourth-order valence-electron chi connectivity index (χ4n) is 1.95. The maximum absolute atomic E-state index is 11.7. The van der Waals surface area contributed by atoms with Gasteiger partial charge in [-0.1, -0.05) is 6.07 Å². The van der Waals surface area contributed by atoms with Gasteiger partial charge in [0, 0.05) is 36.6 Å². The minimum absolute atomic E-state index is 0.0559. The SMILES string of the molecule is CC(=O)NCC(O)C(O)c1ccc2[nH]ccc(=O)c2c1. The molecule has 20 heavy (non-hydrogen) atoms. The van der Waals surface area contributed by atoms with Gasteiger partial charge in [0.15, 0.2) is 5.43 Å². The number of nitrogens with one attached hydrogen (secondary N) is 2. The number of pyridine rings is 1. The van der Waals surface area contributed by atoms with Gasteiger partial charge in [-0.2, -0.15) is 0 Å². The molecule has 2 atom stereocenters. The van der Waals surface area contributed by atoms with E-state index in [0.717, 1.165) is 0 Å². The number of hydrogen-bond acceptors (Lipinski definition) is 4. The van der Waals surface area contributed by atoms with Crippen LogP contribution in [0.15, 0.2) is 35.3 Å². The molecule has 6 heteroatoms. The van der Waals surface area contributed by atoms with Crippen molar-refractivity contribution in [3.63, 3.8) is 0 Å². The maximum Gasteiger partial charge on any atom is 0.216 e. The second-order valence-electron chi connectivity index (χ2n) is 4.60. The summed E-state index contributed by atoms with van der Waals surface area (Å²) in [4.78, 5) is 25.4. The van der Waals surface area contributed by atoms with Gasteiger partial charge in [0.05, 0.1) is 0 Å². The van der Waals surface area contributed by atoms with Crippen molar-refractivity contribution in [1.82, 2.24) is 10.3 Å². The van der Waals surface area contributed by atoms with Gasteiger partial charge in [-0.05, 0) is 17.7 Å². The predicted molar refractivity (Wildman–Crippen MR) is 74.2 cm³/mol. The van der Waals surface area contributed by atoms with Crippen LogP contribution in [0.1, 0.15) is 18.6 Å². The summed E-state index contributed by atoms with van der Waals surface area (Å²) in [6, 6.07) is 6.22. The van der Waals surface area contributed by atoms with Crippen LogP contribution in [0, 0.1) is 0 Å². The van der Waals surface area contributed by atoms with Gasteiger partial charge in [-0.25, -0.2) is 0 Å². The summed E-state index contributed by atoms with van der Waals surface area (Å²) < 4.78 is 0. The van der Waals surface area contributed by atoms with Crippen LogP contribution in [-0.4, -0.2) is 33.8 Å². The molecule has 1 amide bonds. The average Bonchev–Trinajstić information content (AvgIpc) is 2.44. The van der Waals surface area contributed by atoms with Crippen molar-refractivity contribution in [3.05, 3.63) is 46.2 Å². The normalized spacial score (nSPS) is 13.9. The molecule has 2 aromatic rings. The summed E-state index contributed by atoms with van der Waals surface area (Å²) in [5.41, 5.74) is 0.918. The molecule has 0 radical (unpaired) electrons. The molecule has 0 aliphatic rings. The Morgan fingerprint density at radius 3 is 2.80 bits per heavy atom. The highest BCUT2D eigenvalue weighted by atomic mass is 16.3. The molecule has 2 unspecified atom stereocenters. The number of aliphatic hydroxyl groups excluding tert-OH is 2. The smallest absolute Gasteiger partial charge is 0.216 e. The summed E-state index contributed by atoms with van der Waals surface area (Å²) in [7, 11) is 0. The Morgan fingerprint density at radius 1 is 1.35 bits per heavy atom. The number of amides is 1. The molecule has 0 spiro atoms. The van der Waals surface area contributed by atoms with E-state index >= 15 is 0 Å². The molecule has 0 bridgehead atoms. The van der Waals surface area contributed by atoms with Crippen molar-refractivity contribution in [2.45, 2.75) is 19.1 Å². The zero-order chi connectivity index (χ0) is 14.7. The van der Waals surface area contributed by atoms with Crippen LogP contribution >= 0.6 is 0 Å².